The van der Waals surface area contributed by atoms with Crippen LogP contribution in [-0.4, -0.2) is 0 Å². The third-order valence-corrected chi connectivity index (χ3v) is 9.78. The fourth-order valence-electron chi connectivity index (χ4n) is 6.60. The summed E-state index contributed by atoms with van der Waals surface area (Å²) in [6, 6.07) is 50.1. The number of hydrogen-bond donors (Lipinski definition) is 0. The summed E-state index contributed by atoms with van der Waals surface area (Å²) in [6.07, 6.45) is 0. The van der Waals surface area contributed by atoms with Crippen LogP contribution in [0.5, 0.6) is 0 Å². The van der Waals surface area contributed by atoms with Gasteiger partial charge >= 0.3 is 0 Å². The van der Waals surface area contributed by atoms with Gasteiger partial charge in [0.25, 0.3) is 0 Å². The summed E-state index contributed by atoms with van der Waals surface area (Å²) in [5.74, 6) is 0. The molecular formula is C44H28S. The van der Waals surface area contributed by atoms with Gasteiger partial charge in [0.15, 0.2) is 0 Å². The van der Waals surface area contributed by atoms with Crippen molar-refractivity contribution in [1.29, 1.82) is 0 Å². The van der Waals surface area contributed by atoms with Crippen LogP contribution in [0.15, 0.2) is 170 Å². The minimum absolute atomic E-state index is 0.0686. The molecule has 8 aromatic carbocycles. The Hall–Kier alpha value is -5.50. The summed E-state index contributed by atoms with van der Waals surface area (Å²) < 4.78 is 38.2. The lowest BCUT2D eigenvalue weighted by Crippen LogP contribution is -1.90. The summed E-state index contributed by atoms with van der Waals surface area (Å²) in [4.78, 5) is 0. The van der Waals surface area contributed by atoms with E-state index in [1.54, 1.807) is 0 Å². The van der Waals surface area contributed by atoms with Crippen molar-refractivity contribution in [3.05, 3.63) is 170 Å². The van der Waals surface area contributed by atoms with Gasteiger partial charge < -0.3 is 0 Å². The third-order valence-electron chi connectivity index (χ3n) is 8.71. The molecule has 9 rings (SSSR count). The van der Waals surface area contributed by atoms with Crippen LogP contribution in [0.2, 0.25) is 0 Å². The first kappa shape index (κ1) is 22.1. The van der Waals surface area contributed by atoms with E-state index in [4.69, 9.17) is 4.11 Å². The molecule has 0 fully saturated rings. The molecule has 0 radical (unpaired) electrons. The fraction of sp³-hybridized carbons (Fsp3) is 0. The molecule has 0 unspecified atom stereocenters. The zero-order chi connectivity index (χ0) is 33.2. The summed E-state index contributed by atoms with van der Waals surface area (Å²) in [5, 5.41) is 5.71. The Labute approximate surface area is 272 Å². The van der Waals surface area contributed by atoms with E-state index in [9.17, 15) is 1.37 Å². The molecule has 0 amide bonds. The standard InChI is InChI=1S/C44H28S/c1-3-11-29(12-4-1)33-23-25-35-36-26-24-34(28-42(36)45-41(35)27-33)30-19-21-32(22-20-30)44-39-17-9-7-15-37(39)43(31-13-5-2-6-14-31)38-16-8-10-18-40(38)44/h1-28H/i15D,24D,26D,28D. The first-order chi connectivity index (χ1) is 24.0. The van der Waals surface area contributed by atoms with E-state index in [2.05, 4.69) is 78.9 Å². The van der Waals surface area contributed by atoms with Gasteiger partial charge in [-0.05, 0) is 78.2 Å². The van der Waals surface area contributed by atoms with Crippen molar-refractivity contribution < 1.29 is 5.48 Å². The monoisotopic (exact) mass is 592 g/mol. The Morgan fingerprint density at radius 3 is 1.60 bits per heavy atom. The molecule has 0 N–H and O–H groups in total. The fourth-order valence-corrected chi connectivity index (χ4v) is 7.71. The number of fused-ring (bicyclic) bond motifs is 5. The SMILES string of the molecule is [2H]c1c(-c2ccc(-c3c4ccccc4c(-c4ccccc4)c4c([2H])cccc34)cc2)c([2H])c2sc3cc(-c4ccccc4)ccc3c2c1[2H]. The van der Waals surface area contributed by atoms with Crippen molar-refractivity contribution in [3.8, 4) is 44.5 Å². The molecule has 0 nitrogen and oxygen atoms in total. The highest BCUT2D eigenvalue weighted by Gasteiger charge is 2.16. The van der Waals surface area contributed by atoms with Crippen LogP contribution in [0, 0.1) is 0 Å². The van der Waals surface area contributed by atoms with Crippen LogP contribution in [0.4, 0.5) is 0 Å². The second-order valence-corrected chi connectivity index (χ2v) is 12.4. The number of hydrogen-bond acceptors (Lipinski definition) is 1. The zero-order valence-corrected chi connectivity index (χ0v) is 25.1. The molecule has 0 bridgehead atoms. The highest BCUT2D eigenvalue weighted by atomic mass is 32.1. The molecular weight excluding hydrogens is 561 g/mol. The molecule has 0 spiro atoms. The molecule has 1 aromatic heterocycles. The van der Waals surface area contributed by atoms with Crippen molar-refractivity contribution in [2.45, 2.75) is 0 Å². The third kappa shape index (κ3) is 4.36. The number of benzene rings is 8. The Balaban J connectivity index is 1.22. The van der Waals surface area contributed by atoms with Crippen molar-refractivity contribution in [2.24, 2.45) is 0 Å². The quantitative estimate of drug-likeness (QED) is 0.178. The van der Waals surface area contributed by atoms with Crippen LogP contribution in [0.3, 0.4) is 0 Å². The van der Waals surface area contributed by atoms with Gasteiger partial charge in [0.2, 0.25) is 0 Å². The van der Waals surface area contributed by atoms with E-state index >= 15 is 0 Å². The van der Waals surface area contributed by atoms with Gasteiger partial charge in [0.05, 0.1) is 5.48 Å². The first-order valence-corrected chi connectivity index (χ1v) is 15.9. The van der Waals surface area contributed by atoms with Crippen molar-refractivity contribution in [2.75, 3.05) is 0 Å². The zero-order valence-electron chi connectivity index (χ0n) is 28.3. The van der Waals surface area contributed by atoms with Crippen LogP contribution in [-0.2, 0) is 0 Å². The van der Waals surface area contributed by atoms with E-state index in [1.807, 2.05) is 66.7 Å². The number of rotatable bonds is 4. The predicted octanol–water partition coefficient (Wildman–Crippen LogP) is 13.0. The lowest BCUT2D eigenvalue weighted by atomic mass is 9.86. The minimum Gasteiger partial charge on any atom is -0.135 e. The maximum atomic E-state index is 9.31. The summed E-state index contributed by atoms with van der Waals surface area (Å²) in [5.41, 5.74) is 7.62. The average Bonchev–Trinajstić information content (AvgIpc) is 3.54. The molecule has 210 valence electrons. The first-order valence-electron chi connectivity index (χ1n) is 17.1. The Bertz CT molecular complexity index is 2730. The van der Waals surface area contributed by atoms with Crippen molar-refractivity contribution in [1.82, 2.24) is 0 Å². The van der Waals surface area contributed by atoms with Gasteiger partial charge in [-0.3, -0.25) is 0 Å². The lowest BCUT2D eigenvalue weighted by Gasteiger charge is -2.18. The smallest absolute Gasteiger partial charge is 0.0644 e. The molecule has 1 heteroatoms. The van der Waals surface area contributed by atoms with Gasteiger partial charge in [-0.25, -0.2) is 0 Å². The Morgan fingerprint density at radius 1 is 0.333 bits per heavy atom. The lowest BCUT2D eigenvalue weighted by molar-refractivity contribution is 1.63. The molecule has 0 aliphatic carbocycles. The maximum absolute atomic E-state index is 9.31. The van der Waals surface area contributed by atoms with Crippen molar-refractivity contribution in [3.63, 3.8) is 0 Å². The molecule has 0 atom stereocenters. The highest BCUT2D eigenvalue weighted by molar-refractivity contribution is 7.25. The van der Waals surface area contributed by atoms with E-state index in [1.165, 1.54) is 11.3 Å². The molecule has 45 heavy (non-hydrogen) atoms. The van der Waals surface area contributed by atoms with Gasteiger partial charge in [-0.15, -0.1) is 11.3 Å². The average molecular weight is 593 g/mol. The van der Waals surface area contributed by atoms with E-state index in [-0.39, 0.29) is 18.1 Å². The van der Waals surface area contributed by atoms with Crippen molar-refractivity contribution >= 4 is 53.1 Å². The van der Waals surface area contributed by atoms with E-state index in [0.29, 0.717) is 17.0 Å². The van der Waals surface area contributed by atoms with Crippen LogP contribution < -0.4 is 0 Å². The molecule has 0 aliphatic heterocycles. The Kier molecular flexibility index (Phi) is 5.20. The molecule has 0 saturated carbocycles. The van der Waals surface area contributed by atoms with Gasteiger partial charge in [0.1, 0.15) is 0 Å². The second-order valence-electron chi connectivity index (χ2n) is 11.3. The van der Waals surface area contributed by atoms with E-state index in [0.717, 1.165) is 75.3 Å². The van der Waals surface area contributed by atoms with Crippen LogP contribution in [0.25, 0.3) is 86.2 Å². The molecule has 1 heterocycles. The molecule has 0 aliphatic rings. The van der Waals surface area contributed by atoms with Gasteiger partial charge in [0, 0.05) is 20.2 Å². The minimum atomic E-state index is 0.0686. The summed E-state index contributed by atoms with van der Waals surface area (Å²) in [7, 11) is 0. The van der Waals surface area contributed by atoms with Gasteiger partial charge in [-0.2, -0.15) is 0 Å². The number of thiophene rings is 1. The normalized spacial score (nSPS) is 12.8. The maximum Gasteiger partial charge on any atom is 0.0644 e. The van der Waals surface area contributed by atoms with Gasteiger partial charge in [-0.1, -0.05) is 158 Å². The largest absolute Gasteiger partial charge is 0.135 e. The van der Waals surface area contributed by atoms with Crippen LogP contribution in [0.1, 0.15) is 5.48 Å². The second kappa shape index (κ2) is 10.6. The summed E-state index contributed by atoms with van der Waals surface area (Å²) >= 11 is 1.52. The predicted molar refractivity (Wildman–Crippen MR) is 196 cm³/mol. The molecule has 0 saturated heterocycles. The summed E-state index contributed by atoms with van der Waals surface area (Å²) in [6.45, 7) is 0. The topological polar surface area (TPSA) is 0 Å². The van der Waals surface area contributed by atoms with E-state index < -0.39 is 0 Å². The highest BCUT2D eigenvalue weighted by Crippen LogP contribution is 2.44. The molecule has 9 aromatic rings. The van der Waals surface area contributed by atoms with Crippen LogP contribution >= 0.6 is 11.3 Å². The Morgan fingerprint density at radius 2 is 0.867 bits per heavy atom.